The van der Waals surface area contributed by atoms with Crippen molar-refractivity contribution in [2.75, 3.05) is 58.7 Å². The predicted molar refractivity (Wildman–Crippen MR) is 109 cm³/mol. The van der Waals surface area contributed by atoms with Crippen LogP contribution in [0.5, 0.6) is 0 Å². The second-order valence-corrected chi connectivity index (χ2v) is 7.85. The van der Waals surface area contributed by atoms with E-state index in [4.69, 9.17) is 10.5 Å². The minimum atomic E-state index is 0.372. The summed E-state index contributed by atoms with van der Waals surface area (Å²) in [5.74, 6) is 0. The summed E-state index contributed by atoms with van der Waals surface area (Å²) < 4.78 is 9.49. The summed E-state index contributed by atoms with van der Waals surface area (Å²) in [7, 11) is 2.35. The standard InChI is InChI=1S/C21H35N4O/c1-4-25(3,5-2)15-10-18-17-23(14-16-26-18)12-13-24-11-9-19-20(22)7-6-8-21(19)24/h6-9,11,18H,4-5,10,12-17,22H2,1-3H3/q+1. The van der Waals surface area contributed by atoms with Gasteiger partial charge in [0.25, 0.3) is 0 Å². The zero-order valence-corrected chi connectivity index (χ0v) is 16.7. The van der Waals surface area contributed by atoms with Crippen LogP contribution in [0.1, 0.15) is 20.3 Å². The minimum absolute atomic E-state index is 0.372. The molecule has 1 fully saturated rings. The quantitative estimate of drug-likeness (QED) is 0.582. The highest BCUT2D eigenvalue weighted by Crippen LogP contribution is 2.22. The smallest absolute Gasteiger partial charge is 0.0810 e. The van der Waals surface area contributed by atoms with Gasteiger partial charge >= 0.3 is 0 Å². The number of aromatic nitrogens is 1. The molecule has 1 atom stereocenters. The van der Waals surface area contributed by atoms with Crippen molar-refractivity contribution in [1.82, 2.24) is 9.47 Å². The molecule has 0 radical (unpaired) electrons. The van der Waals surface area contributed by atoms with E-state index in [1.165, 1.54) is 25.2 Å². The summed E-state index contributed by atoms with van der Waals surface area (Å²) in [6.07, 6.45) is 3.68. The molecule has 1 unspecified atom stereocenters. The fraction of sp³-hybridized carbons (Fsp3) is 0.619. The number of hydrogen-bond donors (Lipinski definition) is 1. The van der Waals surface area contributed by atoms with Crippen molar-refractivity contribution in [1.29, 1.82) is 0 Å². The lowest BCUT2D eigenvalue weighted by Crippen LogP contribution is -2.48. The van der Waals surface area contributed by atoms with Crippen molar-refractivity contribution >= 4 is 16.6 Å². The molecule has 0 spiro atoms. The van der Waals surface area contributed by atoms with Crippen LogP contribution in [0.2, 0.25) is 0 Å². The average Bonchev–Trinajstić information content (AvgIpc) is 3.09. The van der Waals surface area contributed by atoms with Gasteiger partial charge in [-0.25, -0.2) is 0 Å². The van der Waals surface area contributed by atoms with Crippen molar-refractivity contribution in [3.05, 3.63) is 30.5 Å². The molecule has 0 amide bonds. The Kier molecular flexibility index (Phi) is 6.22. The van der Waals surface area contributed by atoms with Gasteiger partial charge in [0, 0.05) is 49.9 Å². The predicted octanol–water partition coefficient (Wildman–Crippen LogP) is 2.80. The second kappa shape index (κ2) is 8.42. The first-order chi connectivity index (χ1) is 12.5. The Bertz CT molecular complexity index is 707. The Hall–Kier alpha value is -1.56. The lowest BCUT2D eigenvalue weighted by molar-refractivity contribution is -0.906. The molecule has 0 saturated carbocycles. The highest BCUT2D eigenvalue weighted by molar-refractivity contribution is 5.91. The molecular formula is C21H35N4O+. The van der Waals surface area contributed by atoms with Gasteiger partial charge in [-0.15, -0.1) is 0 Å². The molecule has 1 aliphatic rings. The molecular weight excluding hydrogens is 324 g/mol. The second-order valence-electron chi connectivity index (χ2n) is 7.85. The highest BCUT2D eigenvalue weighted by atomic mass is 16.5. The van der Waals surface area contributed by atoms with E-state index in [1.54, 1.807) is 0 Å². The molecule has 1 saturated heterocycles. The van der Waals surface area contributed by atoms with Crippen LogP contribution in [-0.2, 0) is 11.3 Å². The van der Waals surface area contributed by atoms with Crippen molar-refractivity contribution in [3.63, 3.8) is 0 Å². The molecule has 144 valence electrons. The minimum Gasteiger partial charge on any atom is -0.398 e. The van der Waals surface area contributed by atoms with Crippen molar-refractivity contribution < 1.29 is 9.22 Å². The number of fused-ring (bicyclic) bond motifs is 1. The summed E-state index contributed by atoms with van der Waals surface area (Å²) in [5.41, 5.74) is 8.17. The van der Waals surface area contributed by atoms with Gasteiger partial charge in [0.05, 0.1) is 44.9 Å². The van der Waals surface area contributed by atoms with Crippen molar-refractivity contribution in [3.8, 4) is 0 Å². The van der Waals surface area contributed by atoms with Gasteiger partial charge < -0.3 is 19.5 Å². The third kappa shape index (κ3) is 4.40. The van der Waals surface area contributed by atoms with Gasteiger partial charge in [0.15, 0.2) is 0 Å². The summed E-state index contributed by atoms with van der Waals surface area (Å²) in [5, 5.41) is 1.16. The molecule has 2 N–H and O–H groups in total. The van der Waals surface area contributed by atoms with Crippen LogP contribution < -0.4 is 5.73 Å². The van der Waals surface area contributed by atoms with E-state index >= 15 is 0 Å². The van der Waals surface area contributed by atoms with E-state index < -0.39 is 0 Å². The van der Waals surface area contributed by atoms with Gasteiger partial charge in [-0.3, -0.25) is 4.90 Å². The molecule has 0 bridgehead atoms. The number of nitrogens with zero attached hydrogens (tertiary/aromatic N) is 3. The van der Waals surface area contributed by atoms with Crippen LogP contribution in [0.25, 0.3) is 10.9 Å². The maximum atomic E-state index is 6.08. The molecule has 2 heterocycles. The summed E-state index contributed by atoms with van der Waals surface area (Å²) in [6, 6.07) is 8.29. The number of morpholine rings is 1. The molecule has 1 aromatic heterocycles. The molecule has 1 aliphatic heterocycles. The molecule has 0 aliphatic carbocycles. The van der Waals surface area contributed by atoms with Crippen LogP contribution in [0, 0.1) is 0 Å². The highest BCUT2D eigenvalue weighted by Gasteiger charge is 2.24. The third-order valence-electron chi connectivity index (χ3n) is 6.25. The molecule has 5 heteroatoms. The maximum absolute atomic E-state index is 6.08. The normalized spacial score (nSPS) is 19.3. The van der Waals surface area contributed by atoms with Crippen LogP contribution in [0.4, 0.5) is 5.69 Å². The Morgan fingerprint density at radius 3 is 2.77 bits per heavy atom. The molecule has 5 nitrogen and oxygen atoms in total. The van der Waals surface area contributed by atoms with E-state index in [-0.39, 0.29) is 0 Å². The van der Waals surface area contributed by atoms with E-state index in [0.29, 0.717) is 6.10 Å². The average molecular weight is 360 g/mol. The Morgan fingerprint density at radius 2 is 2.00 bits per heavy atom. The first-order valence-electron chi connectivity index (χ1n) is 10.1. The number of ether oxygens (including phenoxy) is 1. The Balaban J connectivity index is 1.53. The van der Waals surface area contributed by atoms with Crippen molar-refractivity contribution in [2.45, 2.75) is 32.9 Å². The summed E-state index contributed by atoms with van der Waals surface area (Å²) >= 11 is 0. The van der Waals surface area contributed by atoms with Gasteiger partial charge in [-0.2, -0.15) is 0 Å². The van der Waals surface area contributed by atoms with Crippen LogP contribution in [-0.4, -0.2) is 73.0 Å². The largest absolute Gasteiger partial charge is 0.398 e. The fourth-order valence-electron chi connectivity index (χ4n) is 3.85. The van der Waals surface area contributed by atoms with Crippen LogP contribution in [0.3, 0.4) is 0 Å². The number of nitrogen functional groups attached to an aromatic ring is 1. The Labute approximate surface area is 157 Å². The molecule has 26 heavy (non-hydrogen) atoms. The zero-order valence-electron chi connectivity index (χ0n) is 16.7. The lowest BCUT2D eigenvalue weighted by Gasteiger charge is -2.37. The first kappa shape index (κ1) is 19.2. The topological polar surface area (TPSA) is 43.4 Å². The molecule has 2 aromatic rings. The monoisotopic (exact) mass is 359 g/mol. The maximum Gasteiger partial charge on any atom is 0.0810 e. The van der Waals surface area contributed by atoms with Crippen LogP contribution in [0.15, 0.2) is 30.5 Å². The van der Waals surface area contributed by atoms with E-state index in [1.807, 2.05) is 12.1 Å². The van der Waals surface area contributed by atoms with E-state index in [2.05, 4.69) is 48.7 Å². The first-order valence-corrected chi connectivity index (χ1v) is 10.1. The number of anilines is 1. The fourth-order valence-corrected chi connectivity index (χ4v) is 3.85. The van der Waals surface area contributed by atoms with E-state index in [0.717, 1.165) is 54.8 Å². The summed E-state index contributed by atoms with van der Waals surface area (Å²) in [6.45, 7) is 13.1. The number of nitrogens with two attached hydrogens (primary N) is 1. The molecule has 3 rings (SSSR count). The number of quaternary nitrogens is 1. The van der Waals surface area contributed by atoms with Gasteiger partial charge in [0.1, 0.15) is 0 Å². The van der Waals surface area contributed by atoms with Gasteiger partial charge in [-0.05, 0) is 32.0 Å². The number of rotatable bonds is 8. The lowest BCUT2D eigenvalue weighted by atomic mass is 10.1. The van der Waals surface area contributed by atoms with Gasteiger partial charge in [0.2, 0.25) is 0 Å². The van der Waals surface area contributed by atoms with Crippen molar-refractivity contribution in [2.24, 2.45) is 0 Å². The van der Waals surface area contributed by atoms with Crippen LogP contribution >= 0.6 is 0 Å². The van der Waals surface area contributed by atoms with Gasteiger partial charge in [-0.1, -0.05) is 6.07 Å². The number of hydrogen-bond acceptors (Lipinski definition) is 3. The zero-order chi connectivity index (χ0) is 18.6. The Morgan fingerprint density at radius 1 is 1.19 bits per heavy atom. The summed E-state index contributed by atoms with van der Waals surface area (Å²) in [4.78, 5) is 2.55. The third-order valence-corrected chi connectivity index (χ3v) is 6.25. The molecule has 1 aromatic carbocycles. The SMILES string of the molecule is CC[N+](C)(CC)CCC1CN(CCn2ccc3c(N)cccc32)CCO1. The van der Waals surface area contributed by atoms with E-state index in [9.17, 15) is 0 Å². The number of benzene rings is 1.